The van der Waals surface area contributed by atoms with Crippen molar-refractivity contribution >= 4 is 14.7 Å². The normalized spacial score (nSPS) is 19.9. The average Bonchev–Trinajstić information content (AvgIpc) is 2.78. The first-order chi connectivity index (χ1) is 9.66. The van der Waals surface area contributed by atoms with Crippen LogP contribution in [0, 0.1) is 19.8 Å². The topological polar surface area (TPSA) is 0 Å². The molecule has 1 aromatic carbocycles. The van der Waals surface area contributed by atoms with Gasteiger partial charge < -0.3 is 0 Å². The Hall–Kier alpha value is -1.08. The van der Waals surface area contributed by atoms with Crippen LogP contribution in [0.15, 0.2) is 41.0 Å². The molecule has 1 heteroatoms. The zero-order valence-corrected chi connectivity index (χ0v) is 14.5. The third kappa shape index (κ3) is 2.56. The fraction of sp³-hybridized carbons (Fsp3) is 0.421. The molecule has 1 aromatic rings. The molecule has 2 aliphatic rings. The van der Waals surface area contributed by atoms with Crippen molar-refractivity contribution in [3.8, 4) is 0 Å². The molecular weight excluding hydrogens is 256 g/mol. The largest absolute Gasteiger partial charge is 0.0635 e. The van der Waals surface area contributed by atoms with Crippen LogP contribution in [0.2, 0.25) is 6.04 Å². The molecule has 0 nitrogen and oxygen atoms in total. The molecule has 3 rings (SSSR count). The molecule has 0 amide bonds. The first-order valence-corrected chi connectivity index (χ1v) is 9.69. The van der Waals surface area contributed by atoms with Gasteiger partial charge in [0.25, 0.3) is 0 Å². The van der Waals surface area contributed by atoms with Crippen molar-refractivity contribution in [2.24, 2.45) is 0 Å². The van der Waals surface area contributed by atoms with Gasteiger partial charge in [-0.05, 0) is 62.3 Å². The number of hydrogen-bond acceptors (Lipinski definition) is 0. The summed E-state index contributed by atoms with van der Waals surface area (Å²) in [6, 6.07) is 8.16. The number of aryl methyl sites for hydroxylation is 1. The number of hydrogen-bond donors (Lipinski definition) is 0. The van der Waals surface area contributed by atoms with Gasteiger partial charge in [0.1, 0.15) is 0 Å². The van der Waals surface area contributed by atoms with E-state index in [1.807, 2.05) is 0 Å². The van der Waals surface area contributed by atoms with Crippen molar-refractivity contribution in [1.29, 1.82) is 0 Å². The van der Waals surface area contributed by atoms with Crippen LogP contribution in [0.25, 0.3) is 0 Å². The van der Waals surface area contributed by atoms with Gasteiger partial charge in [0.2, 0.25) is 0 Å². The highest BCUT2D eigenvalue weighted by Gasteiger charge is 2.26. The van der Waals surface area contributed by atoms with Gasteiger partial charge in [0.15, 0.2) is 0 Å². The Morgan fingerprint density at radius 2 is 1.85 bits per heavy atom. The summed E-state index contributed by atoms with van der Waals surface area (Å²) in [5.74, 6) is 1.62. The minimum absolute atomic E-state index is 0.179. The lowest BCUT2D eigenvalue weighted by Crippen LogP contribution is -2.19. The average molecular weight is 281 g/mol. The van der Waals surface area contributed by atoms with E-state index < -0.39 is 0 Å². The molecule has 0 fully saturated rings. The number of rotatable bonds is 3. The van der Waals surface area contributed by atoms with Crippen LogP contribution < -0.4 is 5.19 Å². The summed E-state index contributed by atoms with van der Waals surface area (Å²) < 4.78 is 0. The second-order valence-corrected chi connectivity index (χ2v) is 8.13. The molecule has 2 aliphatic carbocycles. The van der Waals surface area contributed by atoms with E-state index in [2.05, 4.69) is 45.0 Å². The lowest BCUT2D eigenvalue weighted by Gasteiger charge is -2.18. The molecule has 0 saturated carbocycles. The maximum Gasteiger partial charge on any atom is 0.0591 e. The van der Waals surface area contributed by atoms with Crippen molar-refractivity contribution in [3.05, 3.63) is 58.0 Å². The van der Waals surface area contributed by atoms with Crippen LogP contribution in [-0.4, -0.2) is 9.52 Å². The molecular formula is C19H25Si. The highest BCUT2D eigenvalue weighted by atomic mass is 28.2. The molecule has 0 N–H and O–H groups in total. The Balaban J connectivity index is 1.70. The quantitative estimate of drug-likeness (QED) is 0.737. The molecule has 0 aliphatic heterocycles. The fourth-order valence-electron chi connectivity index (χ4n) is 3.64. The summed E-state index contributed by atoms with van der Waals surface area (Å²) in [5, 5.41) is 1.66. The SMILES string of the molecule is C[C]1C(C[SiH2]c2cccc(C)c2C)=CC2=C1CCCC2. The van der Waals surface area contributed by atoms with Crippen molar-refractivity contribution < 1.29 is 0 Å². The predicted molar refractivity (Wildman–Crippen MR) is 91.4 cm³/mol. The first-order valence-electron chi connectivity index (χ1n) is 7.99. The summed E-state index contributed by atoms with van der Waals surface area (Å²) in [6.45, 7) is 6.89. The molecule has 0 heterocycles. The summed E-state index contributed by atoms with van der Waals surface area (Å²) in [7, 11) is -0.179. The third-order valence-electron chi connectivity index (χ3n) is 5.17. The summed E-state index contributed by atoms with van der Waals surface area (Å²) in [6.07, 6.45) is 7.96. The van der Waals surface area contributed by atoms with Crippen molar-refractivity contribution in [2.45, 2.75) is 52.5 Å². The molecule has 0 unspecified atom stereocenters. The summed E-state index contributed by atoms with van der Waals surface area (Å²) in [5.41, 5.74) is 8.01. The van der Waals surface area contributed by atoms with Crippen molar-refractivity contribution in [2.75, 3.05) is 0 Å². The van der Waals surface area contributed by atoms with Gasteiger partial charge in [-0.3, -0.25) is 0 Å². The summed E-state index contributed by atoms with van der Waals surface area (Å²) >= 11 is 0. The van der Waals surface area contributed by atoms with E-state index in [1.165, 1.54) is 42.9 Å². The second kappa shape index (κ2) is 5.73. The van der Waals surface area contributed by atoms with Crippen LogP contribution >= 0.6 is 0 Å². The molecule has 0 spiro atoms. The van der Waals surface area contributed by atoms with E-state index in [4.69, 9.17) is 0 Å². The lowest BCUT2D eigenvalue weighted by atomic mass is 9.88. The monoisotopic (exact) mass is 281 g/mol. The van der Waals surface area contributed by atoms with Crippen LogP contribution in [0.5, 0.6) is 0 Å². The van der Waals surface area contributed by atoms with E-state index >= 15 is 0 Å². The Bertz CT molecular complexity index is 577. The van der Waals surface area contributed by atoms with Gasteiger partial charge >= 0.3 is 0 Å². The zero-order chi connectivity index (χ0) is 14.1. The van der Waals surface area contributed by atoms with Crippen LogP contribution in [0.4, 0.5) is 0 Å². The smallest absolute Gasteiger partial charge is 0.0591 e. The maximum absolute atomic E-state index is 2.53. The van der Waals surface area contributed by atoms with Gasteiger partial charge in [-0.15, -0.1) is 0 Å². The van der Waals surface area contributed by atoms with Crippen LogP contribution in [0.3, 0.4) is 0 Å². The van der Waals surface area contributed by atoms with E-state index in [1.54, 1.807) is 27.8 Å². The fourth-order valence-corrected chi connectivity index (χ4v) is 5.65. The van der Waals surface area contributed by atoms with E-state index in [0.717, 1.165) is 0 Å². The van der Waals surface area contributed by atoms with Gasteiger partial charge in [-0.25, -0.2) is 0 Å². The Morgan fingerprint density at radius 1 is 1.05 bits per heavy atom. The van der Waals surface area contributed by atoms with Gasteiger partial charge in [-0.1, -0.05) is 47.5 Å². The van der Waals surface area contributed by atoms with Crippen molar-refractivity contribution in [3.63, 3.8) is 0 Å². The van der Waals surface area contributed by atoms with E-state index in [9.17, 15) is 0 Å². The second-order valence-electron chi connectivity index (χ2n) is 6.36. The standard InChI is InChI=1S/C19H25Si/c1-13-7-6-10-19(14(13)2)20-12-17-11-16-8-4-5-9-18(16)15(17)3/h6-7,10-11H,4-5,8-9,12,20H2,1-3H3. The lowest BCUT2D eigenvalue weighted by molar-refractivity contribution is 0.685. The van der Waals surface area contributed by atoms with Gasteiger partial charge in [-0.2, -0.15) is 0 Å². The molecule has 0 aromatic heterocycles. The zero-order valence-electron chi connectivity index (χ0n) is 13.1. The van der Waals surface area contributed by atoms with E-state index in [0.29, 0.717) is 0 Å². The van der Waals surface area contributed by atoms with Crippen molar-refractivity contribution in [1.82, 2.24) is 0 Å². The maximum atomic E-state index is 2.53. The molecule has 105 valence electrons. The van der Waals surface area contributed by atoms with Crippen LogP contribution in [-0.2, 0) is 0 Å². The third-order valence-corrected chi connectivity index (χ3v) is 7.27. The number of benzene rings is 1. The first kappa shape index (κ1) is 13.9. The minimum atomic E-state index is -0.179. The number of allylic oxidation sites excluding steroid dienone is 4. The summed E-state index contributed by atoms with van der Waals surface area (Å²) in [4.78, 5) is 0. The molecule has 0 saturated heterocycles. The predicted octanol–water partition coefficient (Wildman–Crippen LogP) is 3.92. The van der Waals surface area contributed by atoms with Gasteiger partial charge in [0, 0.05) is 5.92 Å². The molecule has 0 atom stereocenters. The Morgan fingerprint density at radius 3 is 2.65 bits per heavy atom. The van der Waals surface area contributed by atoms with E-state index in [-0.39, 0.29) is 9.52 Å². The minimum Gasteiger partial charge on any atom is -0.0635 e. The molecule has 0 bridgehead atoms. The molecule has 20 heavy (non-hydrogen) atoms. The highest BCUT2D eigenvalue weighted by molar-refractivity contribution is 6.54. The highest BCUT2D eigenvalue weighted by Crippen LogP contribution is 2.42. The van der Waals surface area contributed by atoms with Gasteiger partial charge in [0.05, 0.1) is 9.52 Å². The Kier molecular flexibility index (Phi) is 3.98. The molecule has 1 radical (unpaired) electrons. The van der Waals surface area contributed by atoms with Crippen LogP contribution in [0.1, 0.15) is 43.7 Å². The Labute approximate surface area is 125 Å².